The molecular weight excluding hydrogens is 294 g/mol. The SMILES string of the molecule is Cc1ccc(C(=O)N(C)C2CCNCC2)cc1[N+](=O)[O-].Cl. The normalized spacial score (nSPS) is 15.1. The topological polar surface area (TPSA) is 75.5 Å². The van der Waals surface area contributed by atoms with Gasteiger partial charge in [0.2, 0.25) is 0 Å². The molecule has 116 valence electrons. The smallest absolute Gasteiger partial charge is 0.273 e. The van der Waals surface area contributed by atoms with Crippen LogP contribution in [0.25, 0.3) is 0 Å². The van der Waals surface area contributed by atoms with Gasteiger partial charge in [-0.1, -0.05) is 6.07 Å². The number of carbonyl (C=O) groups is 1. The van der Waals surface area contributed by atoms with E-state index in [1.165, 1.54) is 6.07 Å². The Morgan fingerprint density at radius 1 is 1.38 bits per heavy atom. The first kappa shape index (κ1) is 17.4. The molecule has 0 saturated carbocycles. The molecule has 1 amide bonds. The summed E-state index contributed by atoms with van der Waals surface area (Å²) < 4.78 is 0. The van der Waals surface area contributed by atoms with Gasteiger partial charge in [0.1, 0.15) is 0 Å². The van der Waals surface area contributed by atoms with Gasteiger partial charge in [0.05, 0.1) is 4.92 Å². The van der Waals surface area contributed by atoms with E-state index >= 15 is 0 Å². The summed E-state index contributed by atoms with van der Waals surface area (Å²) in [7, 11) is 1.77. The van der Waals surface area contributed by atoms with Crippen molar-refractivity contribution in [1.29, 1.82) is 0 Å². The Morgan fingerprint density at radius 2 is 2.00 bits per heavy atom. The molecule has 0 unspecified atom stereocenters. The van der Waals surface area contributed by atoms with Crippen LogP contribution in [-0.2, 0) is 0 Å². The summed E-state index contributed by atoms with van der Waals surface area (Å²) in [5.74, 6) is -0.153. The number of nitro benzene ring substituents is 1. The lowest BCUT2D eigenvalue weighted by Gasteiger charge is -2.31. The van der Waals surface area contributed by atoms with Crippen LogP contribution in [0.3, 0.4) is 0 Å². The first-order valence-corrected chi connectivity index (χ1v) is 6.73. The van der Waals surface area contributed by atoms with Crippen molar-refractivity contribution in [2.75, 3.05) is 20.1 Å². The summed E-state index contributed by atoms with van der Waals surface area (Å²) in [5, 5.41) is 14.2. The second-order valence-corrected chi connectivity index (χ2v) is 5.16. The van der Waals surface area contributed by atoms with E-state index in [9.17, 15) is 14.9 Å². The van der Waals surface area contributed by atoms with Gasteiger partial charge in [0.15, 0.2) is 0 Å². The lowest BCUT2D eigenvalue weighted by molar-refractivity contribution is -0.385. The Morgan fingerprint density at radius 3 is 2.57 bits per heavy atom. The highest BCUT2D eigenvalue weighted by atomic mass is 35.5. The first-order valence-electron chi connectivity index (χ1n) is 6.73. The van der Waals surface area contributed by atoms with Crippen molar-refractivity contribution in [1.82, 2.24) is 10.2 Å². The number of nitrogens with one attached hydrogen (secondary N) is 1. The van der Waals surface area contributed by atoms with Crippen LogP contribution < -0.4 is 5.32 Å². The summed E-state index contributed by atoms with van der Waals surface area (Å²) in [4.78, 5) is 24.6. The van der Waals surface area contributed by atoms with Crippen LogP contribution in [0.4, 0.5) is 5.69 Å². The number of nitrogens with zero attached hydrogens (tertiary/aromatic N) is 2. The van der Waals surface area contributed by atoms with Gasteiger partial charge in [-0.15, -0.1) is 12.4 Å². The van der Waals surface area contributed by atoms with Gasteiger partial charge in [0.25, 0.3) is 11.6 Å². The third kappa shape index (κ3) is 3.92. The molecule has 1 heterocycles. The highest BCUT2D eigenvalue weighted by Crippen LogP contribution is 2.21. The maximum atomic E-state index is 12.4. The van der Waals surface area contributed by atoms with Gasteiger partial charge in [-0.2, -0.15) is 0 Å². The zero-order valence-electron chi connectivity index (χ0n) is 12.2. The fourth-order valence-corrected chi connectivity index (χ4v) is 2.50. The van der Waals surface area contributed by atoms with E-state index < -0.39 is 4.92 Å². The van der Waals surface area contributed by atoms with Crippen LogP contribution >= 0.6 is 12.4 Å². The van der Waals surface area contributed by atoms with E-state index in [1.807, 2.05) is 0 Å². The molecule has 1 aliphatic rings. The summed E-state index contributed by atoms with van der Waals surface area (Å²) in [6, 6.07) is 4.85. The molecule has 0 radical (unpaired) electrons. The van der Waals surface area contributed by atoms with Gasteiger partial charge in [-0.3, -0.25) is 14.9 Å². The Bertz CT molecular complexity index is 530. The average molecular weight is 314 g/mol. The molecule has 1 N–H and O–H groups in total. The summed E-state index contributed by atoms with van der Waals surface area (Å²) >= 11 is 0. The monoisotopic (exact) mass is 313 g/mol. The van der Waals surface area contributed by atoms with Crippen LogP contribution in [0, 0.1) is 17.0 Å². The highest BCUT2D eigenvalue weighted by molar-refractivity contribution is 5.95. The van der Waals surface area contributed by atoms with E-state index in [1.54, 1.807) is 31.0 Å². The van der Waals surface area contributed by atoms with E-state index in [0.717, 1.165) is 25.9 Å². The van der Waals surface area contributed by atoms with Gasteiger partial charge in [-0.25, -0.2) is 0 Å². The minimum atomic E-state index is -0.448. The lowest BCUT2D eigenvalue weighted by Crippen LogP contribution is -2.43. The number of amides is 1. The summed E-state index contributed by atoms with van der Waals surface area (Å²) in [6.07, 6.45) is 1.83. The molecule has 1 aromatic rings. The van der Waals surface area contributed by atoms with Crippen molar-refractivity contribution in [2.45, 2.75) is 25.8 Å². The number of hydrogen-bond acceptors (Lipinski definition) is 4. The Labute approximate surface area is 130 Å². The van der Waals surface area contributed by atoms with Crippen LogP contribution in [0.1, 0.15) is 28.8 Å². The molecule has 6 nitrogen and oxygen atoms in total. The number of benzene rings is 1. The number of rotatable bonds is 3. The number of nitro groups is 1. The molecule has 1 aliphatic heterocycles. The average Bonchev–Trinajstić information content (AvgIpc) is 2.47. The molecule has 0 spiro atoms. The molecule has 1 aromatic carbocycles. The quantitative estimate of drug-likeness (QED) is 0.685. The summed E-state index contributed by atoms with van der Waals surface area (Å²) in [5.41, 5.74) is 0.939. The number of halogens is 1. The van der Waals surface area contributed by atoms with Crippen LogP contribution in [0.15, 0.2) is 18.2 Å². The molecule has 0 atom stereocenters. The van der Waals surface area contributed by atoms with Gasteiger partial charge in [0, 0.05) is 30.3 Å². The highest BCUT2D eigenvalue weighted by Gasteiger charge is 2.24. The van der Waals surface area contributed by atoms with Gasteiger partial charge in [-0.05, 0) is 38.9 Å². The van der Waals surface area contributed by atoms with Crippen molar-refractivity contribution >= 4 is 24.0 Å². The number of aryl methyl sites for hydroxylation is 1. The molecule has 1 fully saturated rings. The minimum absolute atomic E-state index is 0. The van der Waals surface area contributed by atoms with Crippen molar-refractivity contribution < 1.29 is 9.72 Å². The molecule has 0 bridgehead atoms. The van der Waals surface area contributed by atoms with Gasteiger partial charge >= 0.3 is 0 Å². The zero-order valence-corrected chi connectivity index (χ0v) is 13.0. The molecule has 1 saturated heterocycles. The van der Waals surface area contributed by atoms with Crippen LogP contribution in [0.5, 0.6) is 0 Å². The third-order valence-electron chi connectivity index (χ3n) is 3.83. The second-order valence-electron chi connectivity index (χ2n) is 5.16. The predicted octanol–water partition coefficient (Wildman–Crippen LogP) is 2.15. The maximum absolute atomic E-state index is 12.4. The Hall–Kier alpha value is -1.66. The fourth-order valence-electron chi connectivity index (χ4n) is 2.50. The van der Waals surface area contributed by atoms with E-state index in [-0.39, 0.29) is 30.0 Å². The first-order chi connectivity index (χ1) is 9.50. The maximum Gasteiger partial charge on any atom is 0.273 e. The van der Waals surface area contributed by atoms with Crippen molar-refractivity contribution in [2.24, 2.45) is 0 Å². The largest absolute Gasteiger partial charge is 0.339 e. The number of hydrogen-bond donors (Lipinski definition) is 1. The lowest BCUT2D eigenvalue weighted by atomic mass is 10.0. The van der Waals surface area contributed by atoms with E-state index in [0.29, 0.717) is 11.1 Å². The van der Waals surface area contributed by atoms with E-state index in [4.69, 9.17) is 0 Å². The van der Waals surface area contributed by atoms with Crippen molar-refractivity contribution in [3.05, 3.63) is 39.4 Å². The van der Waals surface area contributed by atoms with Crippen LogP contribution in [-0.4, -0.2) is 41.9 Å². The number of piperidine rings is 1. The van der Waals surface area contributed by atoms with Crippen molar-refractivity contribution in [3.8, 4) is 0 Å². The standard InChI is InChI=1S/C14H19N3O3.ClH/c1-10-3-4-11(9-13(10)17(19)20)14(18)16(2)12-5-7-15-8-6-12;/h3-4,9,12,15H,5-8H2,1-2H3;1H. The number of carbonyl (C=O) groups excluding carboxylic acids is 1. The fraction of sp³-hybridized carbons (Fsp3) is 0.500. The van der Waals surface area contributed by atoms with Gasteiger partial charge < -0.3 is 10.2 Å². The summed E-state index contributed by atoms with van der Waals surface area (Å²) in [6.45, 7) is 3.47. The molecular formula is C14H20ClN3O3. The molecule has 0 aromatic heterocycles. The Balaban J connectivity index is 0.00000220. The Kier molecular flexibility index (Phi) is 6.11. The third-order valence-corrected chi connectivity index (χ3v) is 3.83. The second kappa shape index (κ2) is 7.38. The minimum Gasteiger partial charge on any atom is -0.339 e. The molecule has 7 heteroatoms. The molecule has 2 rings (SSSR count). The van der Waals surface area contributed by atoms with E-state index in [2.05, 4.69) is 5.32 Å². The molecule has 21 heavy (non-hydrogen) atoms. The zero-order chi connectivity index (χ0) is 14.7. The predicted molar refractivity (Wildman–Crippen MR) is 83.1 cm³/mol. The van der Waals surface area contributed by atoms with Crippen LogP contribution in [0.2, 0.25) is 0 Å². The molecule has 0 aliphatic carbocycles. The van der Waals surface area contributed by atoms with Crippen molar-refractivity contribution in [3.63, 3.8) is 0 Å².